The summed E-state index contributed by atoms with van der Waals surface area (Å²) in [4.78, 5) is 0. The van der Waals surface area contributed by atoms with Gasteiger partial charge in [-0.15, -0.1) is 11.8 Å². The fourth-order valence-electron chi connectivity index (χ4n) is 1.47. The van der Waals surface area contributed by atoms with E-state index in [-0.39, 0.29) is 0 Å². The maximum absolute atomic E-state index is 5.57. The number of nitrogens with two attached hydrogens (primary N) is 1. The summed E-state index contributed by atoms with van der Waals surface area (Å²) in [7, 11) is 0. The molecule has 1 fully saturated rings. The molecular weight excluding hydrogens is 212 g/mol. The molecule has 80 valence electrons. The lowest BCUT2D eigenvalue weighted by atomic mass is 10.1. The van der Waals surface area contributed by atoms with E-state index in [9.17, 15) is 0 Å². The van der Waals surface area contributed by atoms with E-state index in [0.717, 1.165) is 12.8 Å². The molecule has 0 radical (unpaired) electrons. The van der Waals surface area contributed by atoms with Crippen LogP contribution < -0.4 is 11.3 Å². The molecule has 0 aromatic heterocycles. The topological polar surface area (TPSA) is 38.0 Å². The molecule has 1 heterocycles. The van der Waals surface area contributed by atoms with Crippen LogP contribution in [0, 0.1) is 11.8 Å². The zero-order chi connectivity index (χ0) is 10.2. The summed E-state index contributed by atoms with van der Waals surface area (Å²) in [5, 5.41) is 0.664. The average Bonchev–Trinajstić information content (AvgIpc) is 2.26. The molecule has 1 aliphatic heterocycles. The summed E-state index contributed by atoms with van der Waals surface area (Å²) in [5.41, 5.74) is 2.93. The molecule has 1 aliphatic rings. The van der Waals surface area contributed by atoms with Gasteiger partial charge in [0.05, 0.1) is 0 Å². The number of hydrogen-bond donors (Lipinski definition) is 2. The predicted molar refractivity (Wildman–Crippen MR) is 67.4 cm³/mol. The molecule has 1 saturated heterocycles. The van der Waals surface area contributed by atoms with E-state index in [1.54, 1.807) is 0 Å². The maximum atomic E-state index is 5.57. The van der Waals surface area contributed by atoms with Crippen molar-refractivity contribution in [2.45, 2.75) is 31.1 Å². The number of hydrazine groups is 1. The molecule has 14 heavy (non-hydrogen) atoms. The third-order valence-electron chi connectivity index (χ3n) is 2.26. The van der Waals surface area contributed by atoms with Crippen molar-refractivity contribution in [2.24, 2.45) is 5.84 Å². The van der Waals surface area contributed by atoms with Gasteiger partial charge in [-0.3, -0.25) is 11.3 Å². The van der Waals surface area contributed by atoms with E-state index in [1.807, 2.05) is 30.4 Å². The molecule has 3 N–H and O–H groups in total. The van der Waals surface area contributed by atoms with Crippen LogP contribution in [0.2, 0.25) is 0 Å². The molecular formula is C10H18N2S2. The van der Waals surface area contributed by atoms with Crippen LogP contribution in [0.4, 0.5) is 0 Å². The summed E-state index contributed by atoms with van der Waals surface area (Å²) >= 11 is 4.08. The van der Waals surface area contributed by atoms with Gasteiger partial charge in [-0.25, -0.2) is 0 Å². The Labute approximate surface area is 95.1 Å². The highest BCUT2D eigenvalue weighted by Crippen LogP contribution is 2.27. The predicted octanol–water partition coefficient (Wildman–Crippen LogP) is 1.47. The van der Waals surface area contributed by atoms with Gasteiger partial charge >= 0.3 is 0 Å². The smallest absolute Gasteiger partial charge is 0.0346 e. The summed E-state index contributed by atoms with van der Waals surface area (Å²) in [6, 6.07) is 0.425. The van der Waals surface area contributed by atoms with Gasteiger partial charge in [0.2, 0.25) is 0 Å². The normalized spacial score (nSPS) is 23.7. The van der Waals surface area contributed by atoms with Crippen LogP contribution in [0.25, 0.3) is 0 Å². The molecule has 2 atom stereocenters. The molecule has 2 nitrogen and oxygen atoms in total. The second-order valence-electron chi connectivity index (χ2n) is 3.22. The highest BCUT2D eigenvalue weighted by Gasteiger charge is 2.22. The quantitative estimate of drug-likeness (QED) is 0.436. The Morgan fingerprint density at radius 2 is 2.43 bits per heavy atom. The number of nitrogens with one attached hydrogen (secondary N) is 1. The van der Waals surface area contributed by atoms with Gasteiger partial charge in [-0.2, -0.15) is 23.5 Å². The Hall–Kier alpha value is 0.180. The van der Waals surface area contributed by atoms with E-state index in [4.69, 9.17) is 5.84 Å². The van der Waals surface area contributed by atoms with E-state index >= 15 is 0 Å². The van der Waals surface area contributed by atoms with Gasteiger partial charge in [0.15, 0.2) is 0 Å². The van der Waals surface area contributed by atoms with Crippen LogP contribution in [0.3, 0.4) is 0 Å². The van der Waals surface area contributed by atoms with Gasteiger partial charge in [0.25, 0.3) is 0 Å². The van der Waals surface area contributed by atoms with Crippen molar-refractivity contribution in [3.63, 3.8) is 0 Å². The fourth-order valence-corrected chi connectivity index (χ4v) is 4.38. The van der Waals surface area contributed by atoms with Crippen molar-refractivity contribution >= 4 is 23.5 Å². The Balaban J connectivity index is 2.30. The van der Waals surface area contributed by atoms with Gasteiger partial charge in [-0.05, 0) is 13.3 Å². The van der Waals surface area contributed by atoms with Crippen LogP contribution in [-0.4, -0.2) is 28.6 Å². The van der Waals surface area contributed by atoms with Crippen LogP contribution in [0.15, 0.2) is 0 Å². The first-order valence-electron chi connectivity index (χ1n) is 4.93. The minimum absolute atomic E-state index is 0.425. The van der Waals surface area contributed by atoms with Crippen molar-refractivity contribution in [1.29, 1.82) is 0 Å². The number of hydrogen-bond acceptors (Lipinski definition) is 4. The SMILES string of the molecule is CC#CCCC(NN)C1CSCCS1. The number of rotatable bonds is 4. The van der Waals surface area contributed by atoms with Gasteiger partial charge in [0, 0.05) is 35.0 Å². The Morgan fingerprint density at radius 1 is 1.57 bits per heavy atom. The third-order valence-corrected chi connectivity index (χ3v) is 5.18. The molecule has 2 unspecified atom stereocenters. The second kappa shape index (κ2) is 7.47. The highest BCUT2D eigenvalue weighted by atomic mass is 32.2. The van der Waals surface area contributed by atoms with Crippen LogP contribution >= 0.6 is 23.5 Å². The summed E-state index contributed by atoms with van der Waals surface area (Å²) in [6.07, 6.45) is 2.02. The van der Waals surface area contributed by atoms with Crippen molar-refractivity contribution in [3.8, 4) is 11.8 Å². The molecule has 0 aromatic rings. The summed E-state index contributed by atoms with van der Waals surface area (Å²) in [5.74, 6) is 15.3. The highest BCUT2D eigenvalue weighted by molar-refractivity contribution is 8.06. The lowest BCUT2D eigenvalue weighted by Crippen LogP contribution is -2.44. The Morgan fingerprint density at radius 3 is 3.00 bits per heavy atom. The van der Waals surface area contributed by atoms with Crippen LogP contribution in [0.1, 0.15) is 19.8 Å². The van der Waals surface area contributed by atoms with Gasteiger partial charge in [0.1, 0.15) is 0 Å². The maximum Gasteiger partial charge on any atom is 0.0346 e. The van der Waals surface area contributed by atoms with Gasteiger partial charge < -0.3 is 0 Å². The second-order valence-corrected chi connectivity index (χ2v) is 5.72. The standard InChI is InChI=1S/C10H18N2S2/c1-2-3-4-5-9(12-11)10-8-13-6-7-14-10/h9-10,12H,4-8,11H2,1H3. The molecule has 1 rings (SSSR count). The van der Waals surface area contributed by atoms with E-state index in [1.165, 1.54) is 17.3 Å². The van der Waals surface area contributed by atoms with E-state index in [2.05, 4.69) is 17.3 Å². The van der Waals surface area contributed by atoms with Crippen LogP contribution in [0.5, 0.6) is 0 Å². The minimum Gasteiger partial charge on any atom is -0.271 e. The summed E-state index contributed by atoms with van der Waals surface area (Å²) < 4.78 is 0. The zero-order valence-corrected chi connectivity index (χ0v) is 10.2. The molecule has 0 bridgehead atoms. The Kier molecular flexibility index (Phi) is 6.54. The van der Waals surface area contributed by atoms with E-state index < -0.39 is 0 Å². The molecule has 0 spiro atoms. The van der Waals surface area contributed by atoms with Crippen molar-refractivity contribution in [1.82, 2.24) is 5.43 Å². The third kappa shape index (κ3) is 4.14. The lowest BCUT2D eigenvalue weighted by molar-refractivity contribution is 0.499. The van der Waals surface area contributed by atoms with Crippen molar-refractivity contribution in [2.75, 3.05) is 17.3 Å². The van der Waals surface area contributed by atoms with Crippen molar-refractivity contribution < 1.29 is 0 Å². The molecule has 0 saturated carbocycles. The van der Waals surface area contributed by atoms with Crippen LogP contribution in [-0.2, 0) is 0 Å². The zero-order valence-electron chi connectivity index (χ0n) is 8.58. The summed E-state index contributed by atoms with van der Waals surface area (Å²) in [6.45, 7) is 1.89. The van der Waals surface area contributed by atoms with Gasteiger partial charge in [-0.1, -0.05) is 0 Å². The first-order valence-corrected chi connectivity index (χ1v) is 7.14. The largest absolute Gasteiger partial charge is 0.271 e. The minimum atomic E-state index is 0.425. The molecule has 0 amide bonds. The molecule has 0 aliphatic carbocycles. The monoisotopic (exact) mass is 230 g/mol. The molecule has 0 aromatic carbocycles. The van der Waals surface area contributed by atoms with E-state index in [0.29, 0.717) is 11.3 Å². The first kappa shape index (κ1) is 12.3. The average molecular weight is 230 g/mol. The first-order chi connectivity index (χ1) is 6.88. The van der Waals surface area contributed by atoms with Crippen molar-refractivity contribution in [3.05, 3.63) is 0 Å². The number of thioether (sulfide) groups is 2. The lowest BCUT2D eigenvalue weighted by Gasteiger charge is -2.28. The Bertz CT molecular complexity index is 204. The fraction of sp³-hybridized carbons (Fsp3) is 0.800. The molecule has 4 heteroatoms.